The van der Waals surface area contributed by atoms with Gasteiger partial charge in [0.2, 0.25) is 0 Å². The van der Waals surface area contributed by atoms with Gasteiger partial charge < -0.3 is 19.9 Å². The average Bonchev–Trinajstić information content (AvgIpc) is 2.95. The Bertz CT molecular complexity index is 606. The van der Waals surface area contributed by atoms with Crippen LogP contribution in [0.4, 0.5) is 10.5 Å². The largest absolute Gasteiger partial charge is 0.465 e. The Kier molecular flexibility index (Phi) is 4.76. The predicted molar refractivity (Wildman–Crippen MR) is 92.2 cm³/mol. The van der Waals surface area contributed by atoms with Crippen LogP contribution in [0.2, 0.25) is 0 Å². The maximum absolute atomic E-state index is 12.4. The molecule has 1 spiro atoms. The molecule has 0 atom stereocenters. The summed E-state index contributed by atoms with van der Waals surface area (Å²) in [5, 5.41) is 2.91. The van der Waals surface area contributed by atoms with Crippen LogP contribution in [0.15, 0.2) is 24.3 Å². The third-order valence-corrected chi connectivity index (χ3v) is 5.30. The van der Waals surface area contributed by atoms with Crippen molar-refractivity contribution in [2.24, 2.45) is 5.41 Å². The van der Waals surface area contributed by atoms with Crippen LogP contribution in [0.25, 0.3) is 0 Å². The van der Waals surface area contributed by atoms with Gasteiger partial charge in [-0.15, -0.1) is 0 Å². The van der Waals surface area contributed by atoms with Crippen molar-refractivity contribution in [3.63, 3.8) is 0 Å². The van der Waals surface area contributed by atoms with Crippen molar-refractivity contribution in [3.05, 3.63) is 29.8 Å². The summed E-state index contributed by atoms with van der Waals surface area (Å²) in [6.45, 7) is 3.93. The number of esters is 1. The molecule has 1 N–H and O–H groups in total. The minimum absolute atomic E-state index is 0.0676. The summed E-state index contributed by atoms with van der Waals surface area (Å²) >= 11 is 0. The fraction of sp³-hybridized carbons (Fsp3) is 0.556. The molecule has 0 radical (unpaired) electrons. The molecule has 2 fully saturated rings. The highest BCUT2D eigenvalue weighted by molar-refractivity contribution is 5.92. The number of nitrogens with zero attached hydrogens (tertiary/aromatic N) is 2. The molecule has 3 rings (SSSR count). The molecular formula is C18H25N3O3. The van der Waals surface area contributed by atoms with Crippen molar-refractivity contribution in [1.82, 2.24) is 9.80 Å². The van der Waals surface area contributed by atoms with Gasteiger partial charge in [0.05, 0.1) is 12.7 Å². The number of hydrogen-bond donors (Lipinski definition) is 1. The highest BCUT2D eigenvalue weighted by Gasteiger charge is 2.40. The molecule has 2 aliphatic heterocycles. The van der Waals surface area contributed by atoms with E-state index in [1.54, 1.807) is 24.3 Å². The van der Waals surface area contributed by atoms with Crippen LogP contribution in [0, 0.1) is 5.41 Å². The minimum atomic E-state index is -0.379. The summed E-state index contributed by atoms with van der Waals surface area (Å²) in [5.74, 6) is -0.379. The van der Waals surface area contributed by atoms with E-state index in [1.165, 1.54) is 20.1 Å². The van der Waals surface area contributed by atoms with Gasteiger partial charge in [0.15, 0.2) is 0 Å². The van der Waals surface area contributed by atoms with Gasteiger partial charge in [-0.25, -0.2) is 9.59 Å². The normalized spacial score (nSPS) is 20.2. The van der Waals surface area contributed by atoms with Gasteiger partial charge in [-0.2, -0.15) is 0 Å². The number of amides is 2. The molecule has 2 heterocycles. The van der Waals surface area contributed by atoms with E-state index in [0.29, 0.717) is 16.7 Å². The van der Waals surface area contributed by atoms with E-state index >= 15 is 0 Å². The number of methoxy groups -OCH3 is 1. The van der Waals surface area contributed by atoms with Crippen molar-refractivity contribution in [2.45, 2.75) is 19.3 Å². The van der Waals surface area contributed by atoms with E-state index in [2.05, 4.69) is 22.0 Å². The molecule has 0 aliphatic carbocycles. The first-order valence-corrected chi connectivity index (χ1v) is 8.44. The zero-order chi connectivity index (χ0) is 17.2. The third-order valence-electron chi connectivity index (χ3n) is 5.30. The predicted octanol–water partition coefficient (Wildman–Crippen LogP) is 2.42. The molecule has 2 amide bonds. The number of urea groups is 1. The zero-order valence-electron chi connectivity index (χ0n) is 14.4. The van der Waals surface area contributed by atoms with E-state index in [9.17, 15) is 9.59 Å². The van der Waals surface area contributed by atoms with Gasteiger partial charge in [0, 0.05) is 25.3 Å². The molecule has 1 aromatic carbocycles. The maximum Gasteiger partial charge on any atom is 0.337 e. The summed E-state index contributed by atoms with van der Waals surface area (Å²) in [6, 6.07) is 6.69. The third kappa shape index (κ3) is 3.53. The number of likely N-dealkylation sites (tertiary alicyclic amines) is 2. The Morgan fingerprint density at radius 3 is 2.25 bits per heavy atom. The van der Waals surface area contributed by atoms with Crippen LogP contribution in [0.1, 0.15) is 29.6 Å². The van der Waals surface area contributed by atoms with Crippen LogP contribution >= 0.6 is 0 Å². The lowest BCUT2D eigenvalue weighted by atomic mass is 9.78. The SMILES string of the molecule is COC(=O)c1ccc(NC(=O)N2CCC3(CCN(C)C3)CC2)cc1. The van der Waals surface area contributed by atoms with Crippen molar-refractivity contribution in [1.29, 1.82) is 0 Å². The van der Waals surface area contributed by atoms with Crippen molar-refractivity contribution >= 4 is 17.7 Å². The highest BCUT2D eigenvalue weighted by atomic mass is 16.5. The summed E-state index contributed by atoms with van der Waals surface area (Å²) < 4.78 is 4.67. The lowest BCUT2D eigenvalue weighted by Gasteiger charge is -2.39. The van der Waals surface area contributed by atoms with Crippen molar-refractivity contribution < 1.29 is 14.3 Å². The van der Waals surface area contributed by atoms with Crippen LogP contribution in [-0.2, 0) is 4.74 Å². The first kappa shape index (κ1) is 16.8. The monoisotopic (exact) mass is 331 g/mol. The molecule has 0 aromatic heterocycles. The Morgan fingerprint density at radius 1 is 1.08 bits per heavy atom. The smallest absolute Gasteiger partial charge is 0.337 e. The molecule has 2 saturated heterocycles. The fourth-order valence-corrected chi connectivity index (χ4v) is 3.76. The summed E-state index contributed by atoms with van der Waals surface area (Å²) in [4.78, 5) is 28.1. The van der Waals surface area contributed by atoms with Gasteiger partial charge in [-0.1, -0.05) is 0 Å². The molecule has 130 valence electrons. The number of benzene rings is 1. The van der Waals surface area contributed by atoms with E-state index in [0.717, 1.165) is 32.5 Å². The maximum atomic E-state index is 12.4. The number of hydrogen-bond acceptors (Lipinski definition) is 4. The molecular weight excluding hydrogens is 306 g/mol. The van der Waals surface area contributed by atoms with Crippen molar-refractivity contribution in [2.75, 3.05) is 45.7 Å². The molecule has 0 saturated carbocycles. The Labute approximate surface area is 142 Å². The van der Waals surface area contributed by atoms with Crippen LogP contribution < -0.4 is 5.32 Å². The second-order valence-electron chi connectivity index (χ2n) is 6.97. The van der Waals surface area contributed by atoms with E-state index in [-0.39, 0.29) is 12.0 Å². The Morgan fingerprint density at radius 2 is 1.71 bits per heavy atom. The minimum Gasteiger partial charge on any atom is -0.465 e. The molecule has 6 heteroatoms. The molecule has 0 bridgehead atoms. The molecule has 24 heavy (non-hydrogen) atoms. The first-order chi connectivity index (χ1) is 11.5. The topological polar surface area (TPSA) is 61.9 Å². The number of carbonyl (C=O) groups excluding carboxylic acids is 2. The van der Waals surface area contributed by atoms with Crippen LogP contribution in [0.5, 0.6) is 0 Å². The van der Waals surface area contributed by atoms with Crippen LogP contribution in [-0.4, -0.2) is 62.1 Å². The Hall–Kier alpha value is -2.08. The number of anilines is 1. The number of piperidine rings is 1. The van der Waals surface area contributed by atoms with Gasteiger partial charge >= 0.3 is 12.0 Å². The summed E-state index contributed by atoms with van der Waals surface area (Å²) in [7, 11) is 3.52. The van der Waals surface area contributed by atoms with E-state index in [1.807, 2.05) is 4.90 Å². The molecule has 0 unspecified atom stereocenters. The summed E-state index contributed by atoms with van der Waals surface area (Å²) in [5.41, 5.74) is 1.57. The zero-order valence-corrected chi connectivity index (χ0v) is 14.4. The van der Waals surface area contributed by atoms with Gasteiger partial charge in [0.25, 0.3) is 0 Å². The van der Waals surface area contributed by atoms with Crippen molar-refractivity contribution in [3.8, 4) is 0 Å². The molecule has 2 aliphatic rings. The van der Waals surface area contributed by atoms with Gasteiger partial charge in [0.1, 0.15) is 0 Å². The van der Waals surface area contributed by atoms with Gasteiger partial charge in [-0.05, 0) is 62.5 Å². The molecule has 6 nitrogen and oxygen atoms in total. The standard InChI is InChI=1S/C18H25N3O3/c1-20-10-7-18(13-20)8-11-21(12-9-18)17(23)19-15-5-3-14(4-6-15)16(22)24-2/h3-6H,7-13H2,1-2H3,(H,19,23). The number of ether oxygens (including phenoxy) is 1. The quantitative estimate of drug-likeness (QED) is 0.846. The lowest BCUT2D eigenvalue weighted by Crippen LogP contribution is -2.45. The fourth-order valence-electron chi connectivity index (χ4n) is 3.76. The van der Waals surface area contributed by atoms with Crippen LogP contribution in [0.3, 0.4) is 0 Å². The van der Waals surface area contributed by atoms with E-state index in [4.69, 9.17) is 0 Å². The van der Waals surface area contributed by atoms with Gasteiger partial charge in [-0.3, -0.25) is 0 Å². The summed E-state index contributed by atoms with van der Waals surface area (Å²) in [6.07, 6.45) is 3.39. The first-order valence-electron chi connectivity index (χ1n) is 8.44. The number of rotatable bonds is 2. The Balaban J connectivity index is 1.53. The molecule has 1 aromatic rings. The highest BCUT2D eigenvalue weighted by Crippen LogP contribution is 2.39. The average molecular weight is 331 g/mol. The number of carbonyl (C=O) groups is 2. The second kappa shape index (κ2) is 6.81. The second-order valence-corrected chi connectivity index (χ2v) is 6.97. The van der Waals surface area contributed by atoms with E-state index < -0.39 is 0 Å². The lowest BCUT2D eigenvalue weighted by molar-refractivity contribution is 0.0600. The number of nitrogens with one attached hydrogen (secondary N) is 1.